The van der Waals surface area contributed by atoms with E-state index >= 15 is 0 Å². The standard InChI is InChI=1S/C12H13FO3/c13-11-6-10(16-12(11)14)8-15-7-9-4-2-1-3-5-9/h1-5,10-11H,6-8H2. The predicted molar refractivity (Wildman–Crippen MR) is 55.5 cm³/mol. The molecule has 4 heteroatoms. The number of ether oxygens (including phenoxy) is 2. The highest BCUT2D eigenvalue weighted by Crippen LogP contribution is 2.18. The van der Waals surface area contributed by atoms with Crippen LogP contribution in [-0.2, 0) is 20.9 Å². The number of cyclic esters (lactones) is 1. The number of benzene rings is 1. The fourth-order valence-electron chi connectivity index (χ4n) is 1.60. The number of carbonyl (C=O) groups is 1. The average molecular weight is 224 g/mol. The molecule has 1 saturated heterocycles. The summed E-state index contributed by atoms with van der Waals surface area (Å²) in [4.78, 5) is 10.8. The van der Waals surface area contributed by atoms with Crippen LogP contribution in [0.2, 0.25) is 0 Å². The van der Waals surface area contributed by atoms with E-state index in [0.29, 0.717) is 6.61 Å². The summed E-state index contributed by atoms with van der Waals surface area (Å²) >= 11 is 0. The highest BCUT2D eigenvalue weighted by Gasteiger charge is 2.34. The van der Waals surface area contributed by atoms with Gasteiger partial charge in [-0.05, 0) is 5.56 Å². The summed E-state index contributed by atoms with van der Waals surface area (Å²) in [6, 6.07) is 9.66. The Bertz CT molecular complexity index is 353. The van der Waals surface area contributed by atoms with E-state index in [2.05, 4.69) is 0 Å². The largest absolute Gasteiger partial charge is 0.458 e. The smallest absolute Gasteiger partial charge is 0.341 e. The van der Waals surface area contributed by atoms with E-state index in [1.54, 1.807) is 0 Å². The molecule has 1 aliphatic heterocycles. The molecule has 1 aromatic carbocycles. The Balaban J connectivity index is 1.71. The number of carbonyl (C=O) groups excluding carboxylic acids is 1. The third kappa shape index (κ3) is 2.79. The van der Waals surface area contributed by atoms with Gasteiger partial charge < -0.3 is 9.47 Å². The second-order valence-corrected chi connectivity index (χ2v) is 3.76. The first-order chi connectivity index (χ1) is 7.75. The first kappa shape index (κ1) is 11.1. The van der Waals surface area contributed by atoms with Gasteiger partial charge in [-0.3, -0.25) is 0 Å². The molecule has 0 aromatic heterocycles. The fourth-order valence-corrected chi connectivity index (χ4v) is 1.60. The molecule has 0 N–H and O–H groups in total. The first-order valence-corrected chi connectivity index (χ1v) is 5.22. The summed E-state index contributed by atoms with van der Waals surface area (Å²) in [5, 5.41) is 0. The van der Waals surface area contributed by atoms with Gasteiger partial charge in [-0.2, -0.15) is 0 Å². The minimum absolute atomic E-state index is 0.105. The van der Waals surface area contributed by atoms with E-state index in [4.69, 9.17) is 9.47 Å². The zero-order valence-corrected chi connectivity index (χ0v) is 8.77. The molecule has 0 radical (unpaired) electrons. The zero-order chi connectivity index (χ0) is 11.4. The maximum Gasteiger partial charge on any atom is 0.341 e. The zero-order valence-electron chi connectivity index (χ0n) is 8.77. The summed E-state index contributed by atoms with van der Waals surface area (Å²) in [5.41, 5.74) is 1.05. The molecule has 0 bridgehead atoms. The van der Waals surface area contributed by atoms with Crippen molar-refractivity contribution in [2.75, 3.05) is 6.61 Å². The van der Waals surface area contributed by atoms with Crippen molar-refractivity contribution in [2.24, 2.45) is 0 Å². The Morgan fingerprint density at radius 1 is 1.38 bits per heavy atom. The van der Waals surface area contributed by atoms with Gasteiger partial charge in [-0.15, -0.1) is 0 Å². The van der Waals surface area contributed by atoms with Crippen LogP contribution in [-0.4, -0.2) is 24.9 Å². The molecule has 2 unspecified atom stereocenters. The summed E-state index contributed by atoms with van der Waals surface area (Å²) in [5.74, 6) is -0.770. The number of hydrogen-bond donors (Lipinski definition) is 0. The molecule has 1 aliphatic rings. The van der Waals surface area contributed by atoms with Crippen molar-refractivity contribution in [2.45, 2.75) is 25.3 Å². The van der Waals surface area contributed by atoms with E-state index in [1.165, 1.54) is 0 Å². The number of rotatable bonds is 4. The van der Waals surface area contributed by atoms with Gasteiger partial charge in [0.15, 0.2) is 0 Å². The summed E-state index contributed by atoms with van der Waals surface area (Å²) in [7, 11) is 0. The minimum Gasteiger partial charge on any atom is -0.458 e. The lowest BCUT2D eigenvalue weighted by Crippen LogP contribution is -2.14. The van der Waals surface area contributed by atoms with Crippen LogP contribution < -0.4 is 0 Å². The van der Waals surface area contributed by atoms with Gasteiger partial charge >= 0.3 is 5.97 Å². The Kier molecular flexibility index (Phi) is 3.51. The normalized spacial score (nSPS) is 24.4. The van der Waals surface area contributed by atoms with Gasteiger partial charge in [0.1, 0.15) is 6.10 Å². The second-order valence-electron chi connectivity index (χ2n) is 3.76. The van der Waals surface area contributed by atoms with Gasteiger partial charge in [0.05, 0.1) is 13.2 Å². The molecule has 1 heterocycles. The molecule has 0 aliphatic carbocycles. The molecule has 0 spiro atoms. The van der Waals surface area contributed by atoms with E-state index < -0.39 is 18.2 Å². The van der Waals surface area contributed by atoms with Crippen LogP contribution in [0.4, 0.5) is 4.39 Å². The van der Waals surface area contributed by atoms with Gasteiger partial charge in [0, 0.05) is 6.42 Å². The molecule has 3 nitrogen and oxygen atoms in total. The number of alkyl halides is 1. The summed E-state index contributed by atoms with van der Waals surface area (Å²) < 4.78 is 22.9. The third-order valence-corrected chi connectivity index (χ3v) is 2.42. The van der Waals surface area contributed by atoms with Crippen molar-refractivity contribution in [3.8, 4) is 0 Å². The topological polar surface area (TPSA) is 35.5 Å². The van der Waals surface area contributed by atoms with Crippen molar-refractivity contribution in [3.05, 3.63) is 35.9 Å². The van der Waals surface area contributed by atoms with Crippen LogP contribution in [0.1, 0.15) is 12.0 Å². The van der Waals surface area contributed by atoms with Crippen molar-refractivity contribution < 1.29 is 18.7 Å². The maximum atomic E-state index is 12.8. The van der Waals surface area contributed by atoms with E-state index in [-0.39, 0.29) is 13.0 Å². The Hall–Kier alpha value is -1.42. The Morgan fingerprint density at radius 3 is 2.75 bits per heavy atom. The summed E-state index contributed by atoms with van der Waals surface area (Å²) in [6.45, 7) is 0.701. The van der Waals surface area contributed by atoms with Gasteiger partial charge in [-0.1, -0.05) is 30.3 Å². The van der Waals surface area contributed by atoms with Crippen LogP contribution in [0.15, 0.2) is 30.3 Å². The third-order valence-electron chi connectivity index (χ3n) is 2.42. The fraction of sp³-hybridized carbons (Fsp3) is 0.417. The number of esters is 1. The van der Waals surface area contributed by atoms with Crippen LogP contribution in [0.5, 0.6) is 0 Å². The molecule has 86 valence electrons. The molecular formula is C12H13FO3. The second kappa shape index (κ2) is 5.07. The van der Waals surface area contributed by atoms with Crippen molar-refractivity contribution in [1.29, 1.82) is 0 Å². The minimum atomic E-state index is -1.48. The van der Waals surface area contributed by atoms with E-state index in [0.717, 1.165) is 5.56 Å². The lowest BCUT2D eigenvalue weighted by molar-refractivity contribution is -0.146. The maximum absolute atomic E-state index is 12.8. The molecule has 1 aromatic rings. The average Bonchev–Trinajstić information content (AvgIpc) is 2.60. The molecule has 2 atom stereocenters. The lowest BCUT2D eigenvalue weighted by Gasteiger charge is -2.09. The number of hydrogen-bond acceptors (Lipinski definition) is 3. The Labute approximate surface area is 93.2 Å². The molecule has 0 amide bonds. The quantitative estimate of drug-likeness (QED) is 0.732. The van der Waals surface area contributed by atoms with Crippen molar-refractivity contribution in [3.63, 3.8) is 0 Å². The van der Waals surface area contributed by atoms with Crippen LogP contribution in [0.25, 0.3) is 0 Å². The summed E-state index contributed by atoms with van der Waals surface area (Å²) in [6.07, 6.45) is -1.82. The lowest BCUT2D eigenvalue weighted by atomic mass is 10.2. The van der Waals surface area contributed by atoms with Crippen LogP contribution in [0.3, 0.4) is 0 Å². The van der Waals surface area contributed by atoms with E-state index in [1.807, 2.05) is 30.3 Å². The van der Waals surface area contributed by atoms with Crippen molar-refractivity contribution in [1.82, 2.24) is 0 Å². The monoisotopic (exact) mass is 224 g/mol. The Morgan fingerprint density at radius 2 is 2.12 bits per heavy atom. The van der Waals surface area contributed by atoms with Gasteiger partial charge in [-0.25, -0.2) is 9.18 Å². The first-order valence-electron chi connectivity index (χ1n) is 5.22. The molecule has 0 saturated carbocycles. The van der Waals surface area contributed by atoms with Gasteiger partial charge in [0.2, 0.25) is 6.17 Å². The van der Waals surface area contributed by atoms with Crippen LogP contribution in [0, 0.1) is 0 Å². The van der Waals surface area contributed by atoms with E-state index in [9.17, 15) is 9.18 Å². The molecular weight excluding hydrogens is 211 g/mol. The molecule has 16 heavy (non-hydrogen) atoms. The van der Waals surface area contributed by atoms with Gasteiger partial charge in [0.25, 0.3) is 0 Å². The highest BCUT2D eigenvalue weighted by molar-refractivity contribution is 5.76. The van der Waals surface area contributed by atoms with Crippen molar-refractivity contribution >= 4 is 5.97 Å². The number of halogens is 1. The molecule has 2 rings (SSSR count). The van der Waals surface area contributed by atoms with Crippen LogP contribution >= 0.6 is 0 Å². The molecule has 1 fully saturated rings. The predicted octanol–water partition coefficient (Wildman–Crippen LogP) is 1.86. The highest BCUT2D eigenvalue weighted by atomic mass is 19.1. The SMILES string of the molecule is O=C1OC(COCc2ccccc2)CC1F.